The molecular weight excluding hydrogens is 329 g/mol. The van der Waals surface area contributed by atoms with Crippen molar-refractivity contribution in [1.29, 1.82) is 0 Å². The number of nitrogens with one attached hydrogen (secondary N) is 1. The van der Waals surface area contributed by atoms with E-state index in [1.807, 2.05) is 0 Å². The molecule has 0 saturated carbocycles. The number of para-hydroxylation sites is 1. The number of hydrogen-bond acceptors (Lipinski definition) is 5. The Morgan fingerprint density at radius 3 is 2.71 bits per heavy atom. The van der Waals surface area contributed by atoms with Gasteiger partial charge in [0.1, 0.15) is 11.6 Å². The number of phenols is 1. The minimum absolute atomic E-state index is 0.110. The van der Waals surface area contributed by atoms with E-state index in [-0.39, 0.29) is 22.7 Å². The van der Waals surface area contributed by atoms with Crippen LogP contribution in [0.3, 0.4) is 0 Å². The van der Waals surface area contributed by atoms with Gasteiger partial charge in [-0.05, 0) is 36.2 Å². The maximum Gasteiger partial charge on any atom is 0.239 e. The summed E-state index contributed by atoms with van der Waals surface area (Å²) < 4.78 is 12.9. The van der Waals surface area contributed by atoms with Gasteiger partial charge in [-0.2, -0.15) is 5.10 Å². The third-order valence-electron chi connectivity index (χ3n) is 3.39. The van der Waals surface area contributed by atoms with Crippen LogP contribution < -0.4 is 5.32 Å². The van der Waals surface area contributed by atoms with Crippen molar-refractivity contribution in [3.8, 4) is 5.75 Å². The summed E-state index contributed by atoms with van der Waals surface area (Å²) in [6.07, 6.45) is 1.90. The third-order valence-corrected chi connectivity index (χ3v) is 4.47. The van der Waals surface area contributed by atoms with Crippen LogP contribution in [0.5, 0.6) is 5.75 Å². The molecule has 1 amide bonds. The number of phenolic OH excluding ortho intramolecular Hbond substituents is 1. The van der Waals surface area contributed by atoms with Gasteiger partial charge >= 0.3 is 0 Å². The first-order valence-corrected chi connectivity index (χ1v) is 8.11. The highest BCUT2D eigenvalue weighted by Crippen LogP contribution is 2.23. The van der Waals surface area contributed by atoms with Crippen LogP contribution in [0.4, 0.5) is 4.39 Å². The summed E-state index contributed by atoms with van der Waals surface area (Å²) in [5.74, 6) is -0.345. The van der Waals surface area contributed by atoms with Gasteiger partial charge in [-0.15, -0.1) is 5.10 Å². The van der Waals surface area contributed by atoms with Crippen LogP contribution in [-0.4, -0.2) is 27.6 Å². The molecule has 1 aliphatic heterocycles. The van der Waals surface area contributed by atoms with Gasteiger partial charge in [0.15, 0.2) is 5.17 Å². The maximum atomic E-state index is 12.9. The van der Waals surface area contributed by atoms with E-state index in [9.17, 15) is 14.3 Å². The Labute approximate surface area is 142 Å². The number of amidine groups is 1. The molecule has 122 valence electrons. The van der Waals surface area contributed by atoms with Crippen molar-refractivity contribution in [3.05, 3.63) is 65.5 Å². The number of carbonyl (C=O) groups excluding carboxylic acids is 1. The van der Waals surface area contributed by atoms with Gasteiger partial charge in [0, 0.05) is 5.56 Å². The van der Waals surface area contributed by atoms with Crippen LogP contribution >= 0.6 is 11.8 Å². The number of amides is 1. The molecule has 0 spiro atoms. The van der Waals surface area contributed by atoms with Crippen LogP contribution in [-0.2, 0) is 11.2 Å². The van der Waals surface area contributed by atoms with Crippen molar-refractivity contribution >= 4 is 29.1 Å². The molecule has 1 fully saturated rings. The summed E-state index contributed by atoms with van der Waals surface area (Å²) >= 11 is 1.28. The number of halogens is 1. The van der Waals surface area contributed by atoms with Crippen molar-refractivity contribution in [2.24, 2.45) is 10.2 Å². The molecular formula is C17H14FN3O2S. The second kappa shape index (κ2) is 7.27. The lowest BCUT2D eigenvalue weighted by Crippen LogP contribution is -2.25. The Hall–Kier alpha value is -2.67. The van der Waals surface area contributed by atoms with Gasteiger partial charge in [-0.25, -0.2) is 4.39 Å². The number of nitrogens with zero attached hydrogens (tertiary/aromatic N) is 2. The van der Waals surface area contributed by atoms with Crippen molar-refractivity contribution in [2.45, 2.75) is 11.7 Å². The van der Waals surface area contributed by atoms with Crippen LogP contribution in [0.25, 0.3) is 0 Å². The number of hydrogen-bond donors (Lipinski definition) is 2. The Balaban J connectivity index is 1.63. The van der Waals surface area contributed by atoms with Gasteiger partial charge in [0.05, 0.1) is 11.5 Å². The summed E-state index contributed by atoms with van der Waals surface area (Å²) in [6.45, 7) is 0. The molecule has 0 unspecified atom stereocenters. The van der Waals surface area contributed by atoms with E-state index in [4.69, 9.17) is 0 Å². The second-order valence-electron chi connectivity index (χ2n) is 5.13. The summed E-state index contributed by atoms with van der Waals surface area (Å²) in [4.78, 5) is 12.0. The zero-order chi connectivity index (χ0) is 16.9. The lowest BCUT2D eigenvalue weighted by molar-refractivity contribution is -0.118. The zero-order valence-electron chi connectivity index (χ0n) is 12.5. The van der Waals surface area contributed by atoms with Crippen LogP contribution in [0.15, 0.2) is 58.7 Å². The fraction of sp³-hybridized carbons (Fsp3) is 0.118. The lowest BCUT2D eigenvalue weighted by atomic mass is 10.1. The minimum Gasteiger partial charge on any atom is -0.507 e. The van der Waals surface area contributed by atoms with E-state index in [1.165, 1.54) is 30.1 Å². The maximum absolute atomic E-state index is 12.9. The highest BCUT2D eigenvalue weighted by molar-refractivity contribution is 8.15. The highest BCUT2D eigenvalue weighted by atomic mass is 32.2. The average Bonchev–Trinajstić information content (AvgIpc) is 2.91. The largest absolute Gasteiger partial charge is 0.507 e. The van der Waals surface area contributed by atoms with Gasteiger partial charge in [0.25, 0.3) is 0 Å². The molecule has 1 saturated heterocycles. The molecule has 1 atom stereocenters. The molecule has 2 aromatic rings. The van der Waals surface area contributed by atoms with E-state index < -0.39 is 0 Å². The summed E-state index contributed by atoms with van der Waals surface area (Å²) in [7, 11) is 0. The minimum atomic E-state index is -0.325. The number of aromatic hydroxyl groups is 1. The monoisotopic (exact) mass is 343 g/mol. The number of thioether (sulfide) groups is 1. The number of carbonyl (C=O) groups is 1. The van der Waals surface area contributed by atoms with Crippen molar-refractivity contribution < 1.29 is 14.3 Å². The van der Waals surface area contributed by atoms with E-state index in [0.717, 1.165) is 5.56 Å². The molecule has 2 aromatic carbocycles. The zero-order valence-corrected chi connectivity index (χ0v) is 13.3. The first-order chi connectivity index (χ1) is 11.6. The molecule has 5 nitrogen and oxygen atoms in total. The van der Waals surface area contributed by atoms with E-state index in [2.05, 4.69) is 15.5 Å². The first kappa shape index (κ1) is 16.2. The smallest absolute Gasteiger partial charge is 0.239 e. The fourth-order valence-electron chi connectivity index (χ4n) is 2.16. The van der Waals surface area contributed by atoms with Crippen LogP contribution in [0, 0.1) is 5.82 Å². The molecule has 24 heavy (non-hydrogen) atoms. The van der Waals surface area contributed by atoms with Gasteiger partial charge in [0.2, 0.25) is 5.91 Å². The van der Waals surface area contributed by atoms with E-state index in [0.29, 0.717) is 17.2 Å². The molecule has 0 aromatic heterocycles. The van der Waals surface area contributed by atoms with Crippen LogP contribution in [0.1, 0.15) is 11.1 Å². The molecule has 0 bridgehead atoms. The fourth-order valence-corrected chi connectivity index (χ4v) is 3.13. The standard InChI is InChI=1S/C17H14FN3O2S/c18-13-7-5-11(6-8-13)9-15-16(23)20-17(24-15)21-19-10-12-3-1-2-4-14(12)22/h1-8,10,15,22H,9H2,(H,20,21,23)/b19-10+/t15-/m0/s1. The van der Waals surface area contributed by atoms with Gasteiger partial charge < -0.3 is 10.4 Å². The number of benzene rings is 2. The van der Waals surface area contributed by atoms with Gasteiger partial charge in [-0.1, -0.05) is 36.0 Å². The SMILES string of the molecule is O=C1N/C(=N\N=C\c2ccccc2O)S[C@H]1Cc1ccc(F)cc1. The molecule has 0 radical (unpaired) electrons. The Morgan fingerprint density at radius 2 is 1.96 bits per heavy atom. The normalized spacial score (nSPS) is 19.1. The Bertz CT molecular complexity index is 806. The third kappa shape index (κ3) is 3.99. The molecule has 2 N–H and O–H groups in total. The Kier molecular flexibility index (Phi) is 4.90. The Morgan fingerprint density at radius 1 is 1.21 bits per heavy atom. The molecule has 3 rings (SSSR count). The number of rotatable bonds is 4. The van der Waals surface area contributed by atoms with Crippen molar-refractivity contribution in [2.75, 3.05) is 0 Å². The van der Waals surface area contributed by atoms with E-state index in [1.54, 1.807) is 36.4 Å². The van der Waals surface area contributed by atoms with E-state index >= 15 is 0 Å². The molecule has 1 aliphatic rings. The summed E-state index contributed by atoms with van der Waals surface area (Å²) in [5, 5.41) is 20.2. The van der Waals surface area contributed by atoms with Crippen molar-refractivity contribution in [1.82, 2.24) is 5.32 Å². The highest BCUT2D eigenvalue weighted by Gasteiger charge is 2.30. The van der Waals surface area contributed by atoms with Crippen LogP contribution in [0.2, 0.25) is 0 Å². The topological polar surface area (TPSA) is 74.0 Å². The lowest BCUT2D eigenvalue weighted by Gasteiger charge is -2.04. The summed E-state index contributed by atoms with van der Waals surface area (Å²) in [6, 6.07) is 12.8. The molecule has 0 aliphatic carbocycles. The molecule has 7 heteroatoms. The predicted octanol–water partition coefficient (Wildman–Crippen LogP) is 2.70. The summed E-state index contributed by atoms with van der Waals surface area (Å²) in [5.41, 5.74) is 1.42. The van der Waals surface area contributed by atoms with Gasteiger partial charge in [-0.3, -0.25) is 4.79 Å². The first-order valence-electron chi connectivity index (χ1n) is 7.23. The predicted molar refractivity (Wildman–Crippen MR) is 92.8 cm³/mol. The molecule has 1 heterocycles. The quantitative estimate of drug-likeness (QED) is 0.662. The average molecular weight is 343 g/mol. The second-order valence-corrected chi connectivity index (χ2v) is 6.33. The van der Waals surface area contributed by atoms with Crippen molar-refractivity contribution in [3.63, 3.8) is 0 Å².